The molecule has 5 nitrogen and oxygen atoms in total. The molecule has 5 heteroatoms. The Hall–Kier alpha value is -0.810. The van der Waals surface area contributed by atoms with Gasteiger partial charge < -0.3 is 14.9 Å². The Morgan fingerprint density at radius 1 is 1.42 bits per heavy atom. The zero-order valence-electron chi connectivity index (χ0n) is 7.19. The van der Waals surface area contributed by atoms with Gasteiger partial charge in [0.25, 0.3) is 0 Å². The number of carboxylic acid groups (broad SMARTS) is 2. The molecule has 0 aromatic carbocycles. The van der Waals surface area contributed by atoms with Crippen LogP contribution in [-0.4, -0.2) is 54.1 Å². The van der Waals surface area contributed by atoms with E-state index in [1.54, 1.807) is 0 Å². The van der Waals surface area contributed by atoms with Gasteiger partial charge in [0.05, 0.1) is 13.2 Å². The van der Waals surface area contributed by atoms with Gasteiger partial charge in [0, 0.05) is 13.1 Å². The summed E-state index contributed by atoms with van der Waals surface area (Å²) in [6.45, 7) is 7.45. The molecular weight excluding hydrogens is 162 g/mol. The van der Waals surface area contributed by atoms with Crippen LogP contribution in [0, 0.1) is 0 Å². The lowest BCUT2D eigenvalue weighted by Gasteiger charge is -2.24. The average molecular weight is 177 g/mol. The Morgan fingerprint density at radius 2 is 1.83 bits per heavy atom. The number of hydrogen-bond acceptors (Lipinski definition) is 3. The molecule has 12 heavy (non-hydrogen) atoms. The highest BCUT2D eigenvalue weighted by atomic mass is 16.6. The van der Waals surface area contributed by atoms with Crippen molar-refractivity contribution in [1.82, 2.24) is 4.90 Å². The van der Waals surface area contributed by atoms with E-state index in [0.29, 0.717) is 0 Å². The summed E-state index contributed by atoms with van der Waals surface area (Å²) in [4.78, 5) is 10.9. The number of hydrogen-bond donors (Lipinski definition) is 2. The highest BCUT2D eigenvalue weighted by Gasteiger charge is 2.05. The third kappa shape index (κ3) is 7.30. The number of carbonyl (C=O) groups is 1. The zero-order chi connectivity index (χ0) is 9.40. The van der Waals surface area contributed by atoms with Gasteiger partial charge in [0.2, 0.25) is 0 Å². The quantitative estimate of drug-likeness (QED) is 0.612. The second-order valence-corrected chi connectivity index (χ2v) is 2.33. The van der Waals surface area contributed by atoms with Gasteiger partial charge in [-0.25, -0.2) is 4.79 Å². The van der Waals surface area contributed by atoms with Crippen molar-refractivity contribution >= 4 is 6.16 Å². The standard InChI is InChI=1S/C6H13NO.CH2O3/c1-2-7-3-5-8-6-4-7;2-1(3)4/h2-6H2,1H3;(H2,2,3,4). The van der Waals surface area contributed by atoms with Gasteiger partial charge in [-0.15, -0.1) is 0 Å². The molecule has 1 aliphatic heterocycles. The van der Waals surface area contributed by atoms with E-state index in [4.69, 9.17) is 19.7 Å². The first-order valence-electron chi connectivity index (χ1n) is 3.88. The summed E-state index contributed by atoms with van der Waals surface area (Å²) in [5.41, 5.74) is 0. The van der Waals surface area contributed by atoms with Crippen LogP contribution in [0.2, 0.25) is 0 Å². The topological polar surface area (TPSA) is 70.0 Å². The number of rotatable bonds is 1. The summed E-state index contributed by atoms with van der Waals surface area (Å²) >= 11 is 0. The largest absolute Gasteiger partial charge is 0.503 e. The molecule has 1 heterocycles. The third-order valence-electron chi connectivity index (χ3n) is 1.55. The first-order valence-corrected chi connectivity index (χ1v) is 3.88. The second kappa shape index (κ2) is 6.87. The van der Waals surface area contributed by atoms with Crippen molar-refractivity contribution in [2.45, 2.75) is 6.92 Å². The molecule has 0 spiro atoms. The lowest BCUT2D eigenvalue weighted by atomic mass is 10.4. The minimum atomic E-state index is -1.83. The first-order chi connectivity index (χ1) is 5.66. The maximum absolute atomic E-state index is 8.56. The van der Waals surface area contributed by atoms with Crippen molar-refractivity contribution in [2.75, 3.05) is 32.8 Å². The van der Waals surface area contributed by atoms with E-state index < -0.39 is 6.16 Å². The predicted octanol–water partition coefficient (Wildman–Crippen LogP) is 0.561. The van der Waals surface area contributed by atoms with Gasteiger partial charge in [-0.1, -0.05) is 6.92 Å². The van der Waals surface area contributed by atoms with E-state index >= 15 is 0 Å². The maximum atomic E-state index is 8.56. The number of nitrogens with zero attached hydrogens (tertiary/aromatic N) is 1. The lowest BCUT2D eigenvalue weighted by Crippen LogP contribution is -2.35. The van der Waals surface area contributed by atoms with Crippen molar-refractivity contribution in [3.8, 4) is 0 Å². The van der Waals surface area contributed by atoms with Crippen LogP contribution in [-0.2, 0) is 4.74 Å². The number of likely N-dealkylation sites (N-methyl/N-ethyl adjacent to an activating group) is 1. The Bertz CT molecular complexity index is 119. The van der Waals surface area contributed by atoms with E-state index in [-0.39, 0.29) is 0 Å². The van der Waals surface area contributed by atoms with Crippen molar-refractivity contribution in [2.24, 2.45) is 0 Å². The molecule has 1 fully saturated rings. The molecule has 72 valence electrons. The van der Waals surface area contributed by atoms with Crippen molar-refractivity contribution < 1.29 is 19.7 Å². The lowest BCUT2D eigenvalue weighted by molar-refractivity contribution is 0.0405. The van der Waals surface area contributed by atoms with Gasteiger partial charge in [-0.2, -0.15) is 0 Å². The molecule has 1 aliphatic rings. The van der Waals surface area contributed by atoms with Crippen LogP contribution in [0.25, 0.3) is 0 Å². The van der Waals surface area contributed by atoms with E-state index in [2.05, 4.69) is 11.8 Å². The molecule has 0 unspecified atom stereocenters. The van der Waals surface area contributed by atoms with Crippen LogP contribution in [0.5, 0.6) is 0 Å². The van der Waals surface area contributed by atoms with E-state index in [1.807, 2.05) is 0 Å². The zero-order valence-corrected chi connectivity index (χ0v) is 7.19. The molecule has 2 N–H and O–H groups in total. The monoisotopic (exact) mass is 177 g/mol. The minimum Gasteiger partial charge on any atom is -0.450 e. The third-order valence-corrected chi connectivity index (χ3v) is 1.55. The van der Waals surface area contributed by atoms with Crippen LogP contribution in [0.3, 0.4) is 0 Å². The molecule has 0 radical (unpaired) electrons. The van der Waals surface area contributed by atoms with Crippen LogP contribution in [0.1, 0.15) is 6.92 Å². The molecule has 0 aliphatic carbocycles. The average Bonchev–Trinajstić information content (AvgIpc) is 2.05. The number of ether oxygens (including phenoxy) is 1. The molecule has 1 rings (SSSR count). The van der Waals surface area contributed by atoms with E-state index in [0.717, 1.165) is 26.3 Å². The fourth-order valence-electron chi connectivity index (χ4n) is 0.917. The molecule has 0 saturated carbocycles. The summed E-state index contributed by atoms with van der Waals surface area (Å²) in [6.07, 6.45) is -1.83. The smallest absolute Gasteiger partial charge is 0.450 e. The SMILES string of the molecule is CCN1CCOCC1.O=C(O)O. The molecule has 0 aromatic rings. The van der Waals surface area contributed by atoms with Gasteiger partial charge in [-0.05, 0) is 6.54 Å². The summed E-state index contributed by atoms with van der Waals surface area (Å²) in [5, 5.41) is 13.9. The minimum absolute atomic E-state index is 0.924. The van der Waals surface area contributed by atoms with E-state index in [9.17, 15) is 0 Å². The normalized spacial score (nSPS) is 17.8. The van der Waals surface area contributed by atoms with Crippen LogP contribution in [0.15, 0.2) is 0 Å². The highest BCUT2D eigenvalue weighted by molar-refractivity contribution is 5.53. The van der Waals surface area contributed by atoms with Crippen LogP contribution in [0.4, 0.5) is 4.79 Å². The van der Waals surface area contributed by atoms with E-state index in [1.165, 1.54) is 6.54 Å². The summed E-state index contributed by atoms with van der Waals surface area (Å²) in [6, 6.07) is 0. The predicted molar refractivity (Wildman–Crippen MR) is 43.6 cm³/mol. The van der Waals surface area contributed by atoms with Crippen molar-refractivity contribution in [3.63, 3.8) is 0 Å². The molecule has 1 saturated heterocycles. The Morgan fingerprint density at radius 3 is 2.08 bits per heavy atom. The molecule has 0 amide bonds. The first kappa shape index (κ1) is 11.2. The van der Waals surface area contributed by atoms with Crippen molar-refractivity contribution in [1.29, 1.82) is 0 Å². The molecule has 0 atom stereocenters. The molecule has 0 aromatic heterocycles. The fourth-order valence-corrected chi connectivity index (χ4v) is 0.917. The second-order valence-electron chi connectivity index (χ2n) is 2.33. The Kier molecular flexibility index (Phi) is 6.41. The maximum Gasteiger partial charge on any atom is 0.503 e. The van der Waals surface area contributed by atoms with Crippen LogP contribution < -0.4 is 0 Å². The highest BCUT2D eigenvalue weighted by Crippen LogP contribution is 1.93. The Labute approximate surface area is 71.6 Å². The summed E-state index contributed by atoms with van der Waals surface area (Å²) in [5.74, 6) is 0. The fraction of sp³-hybridized carbons (Fsp3) is 0.857. The van der Waals surface area contributed by atoms with Crippen molar-refractivity contribution in [3.05, 3.63) is 0 Å². The summed E-state index contributed by atoms with van der Waals surface area (Å²) in [7, 11) is 0. The van der Waals surface area contributed by atoms with Gasteiger partial charge in [0.15, 0.2) is 0 Å². The molecule has 0 bridgehead atoms. The summed E-state index contributed by atoms with van der Waals surface area (Å²) < 4.78 is 5.16. The van der Waals surface area contributed by atoms with Gasteiger partial charge in [0.1, 0.15) is 0 Å². The van der Waals surface area contributed by atoms with Gasteiger partial charge >= 0.3 is 6.16 Å². The number of morpholine rings is 1. The molecular formula is C7H15NO4. The van der Waals surface area contributed by atoms with Gasteiger partial charge in [-0.3, -0.25) is 4.90 Å². The Balaban J connectivity index is 0.000000261. The van der Waals surface area contributed by atoms with Crippen LogP contribution >= 0.6 is 0 Å².